The highest BCUT2D eigenvalue weighted by Gasteiger charge is 2.36. The minimum absolute atomic E-state index is 0.00493. The van der Waals surface area contributed by atoms with Crippen molar-refractivity contribution in [2.45, 2.75) is 38.8 Å². The molecule has 166 valence electrons. The lowest BCUT2D eigenvalue weighted by Crippen LogP contribution is -2.30. The molecule has 3 aliphatic rings. The minimum Gasteiger partial charge on any atom is -0.467 e. The van der Waals surface area contributed by atoms with Gasteiger partial charge in [0, 0.05) is 28.3 Å². The maximum Gasteiger partial charge on any atom is 0.281 e. The van der Waals surface area contributed by atoms with E-state index in [2.05, 4.69) is 10.5 Å². The molecular weight excluding hydrogens is 417 g/mol. The van der Waals surface area contributed by atoms with Gasteiger partial charge in [0.15, 0.2) is 12.5 Å². The number of oxime groups is 1. The van der Waals surface area contributed by atoms with Gasteiger partial charge >= 0.3 is 0 Å². The van der Waals surface area contributed by atoms with E-state index in [4.69, 9.17) is 9.47 Å². The molecule has 0 aromatic heterocycles. The first-order valence-electron chi connectivity index (χ1n) is 10.6. The first-order chi connectivity index (χ1) is 15.5. The number of anilines is 2. The summed E-state index contributed by atoms with van der Waals surface area (Å²) in [5, 5.41) is 15.5. The van der Waals surface area contributed by atoms with Crippen molar-refractivity contribution < 1.29 is 28.7 Å². The van der Waals surface area contributed by atoms with Crippen LogP contribution < -0.4 is 15.0 Å². The number of carbonyl (C=O) groups excluding carboxylic acids is 2. The van der Waals surface area contributed by atoms with E-state index in [1.807, 2.05) is 0 Å². The fraction of sp³-hybridized carbons (Fsp3) is 0.348. The van der Waals surface area contributed by atoms with Gasteiger partial charge in [-0.2, -0.15) is 0 Å². The second kappa shape index (κ2) is 8.23. The largest absolute Gasteiger partial charge is 0.467 e. The number of fused-ring (bicyclic) bond motifs is 2. The number of rotatable bonds is 4. The Hall–Kier alpha value is -3.46. The van der Waals surface area contributed by atoms with E-state index >= 15 is 0 Å². The van der Waals surface area contributed by atoms with E-state index in [-0.39, 0.29) is 37.5 Å². The average Bonchev–Trinajstić information content (AvgIpc) is 3.41. The molecular formula is C23H22FN3O5. The van der Waals surface area contributed by atoms with Crippen LogP contribution in [-0.2, 0) is 27.5 Å². The molecule has 1 saturated carbocycles. The van der Waals surface area contributed by atoms with Crippen LogP contribution in [0.5, 0.6) is 5.75 Å². The van der Waals surface area contributed by atoms with Crippen molar-refractivity contribution in [1.82, 2.24) is 0 Å². The van der Waals surface area contributed by atoms with Crippen LogP contribution in [0.25, 0.3) is 0 Å². The highest BCUT2D eigenvalue weighted by Crippen LogP contribution is 2.37. The van der Waals surface area contributed by atoms with Crippen molar-refractivity contribution in [3.63, 3.8) is 0 Å². The molecule has 2 aliphatic heterocycles. The van der Waals surface area contributed by atoms with Gasteiger partial charge in [-0.05, 0) is 43.2 Å². The summed E-state index contributed by atoms with van der Waals surface area (Å²) in [4.78, 5) is 26.9. The molecule has 9 heteroatoms. The summed E-state index contributed by atoms with van der Waals surface area (Å²) >= 11 is 0. The number of benzene rings is 2. The molecule has 0 atom stereocenters. The molecule has 2 heterocycles. The Morgan fingerprint density at radius 3 is 2.84 bits per heavy atom. The highest BCUT2D eigenvalue weighted by molar-refractivity contribution is 6.54. The Balaban J connectivity index is 1.48. The molecule has 1 fully saturated rings. The van der Waals surface area contributed by atoms with E-state index < -0.39 is 11.7 Å². The Bertz CT molecular complexity index is 1130. The van der Waals surface area contributed by atoms with E-state index in [0.717, 1.165) is 25.7 Å². The molecule has 2 aromatic carbocycles. The van der Waals surface area contributed by atoms with Crippen molar-refractivity contribution in [1.29, 1.82) is 0 Å². The number of halogens is 1. The van der Waals surface area contributed by atoms with Gasteiger partial charge in [0.25, 0.3) is 5.91 Å². The number of ether oxygens (including phenoxy) is 2. The van der Waals surface area contributed by atoms with Gasteiger partial charge in [-0.3, -0.25) is 9.59 Å². The van der Waals surface area contributed by atoms with Crippen molar-refractivity contribution >= 4 is 28.9 Å². The summed E-state index contributed by atoms with van der Waals surface area (Å²) in [7, 11) is 0. The van der Waals surface area contributed by atoms with Crippen LogP contribution in [0.3, 0.4) is 0 Å². The summed E-state index contributed by atoms with van der Waals surface area (Å²) in [6, 6.07) is 7.65. The number of nitrogens with zero attached hydrogens (tertiary/aromatic N) is 2. The zero-order valence-electron chi connectivity index (χ0n) is 17.3. The molecule has 5 rings (SSSR count). The second-order valence-corrected chi connectivity index (χ2v) is 8.21. The molecule has 2 N–H and O–H groups in total. The molecule has 1 aliphatic carbocycles. The molecule has 8 nitrogen and oxygen atoms in total. The van der Waals surface area contributed by atoms with Gasteiger partial charge < -0.3 is 24.9 Å². The first-order valence-corrected chi connectivity index (χ1v) is 10.6. The Kier molecular flexibility index (Phi) is 5.26. The lowest BCUT2D eigenvalue weighted by atomic mass is 10.1. The van der Waals surface area contributed by atoms with Crippen molar-refractivity contribution in [3.05, 3.63) is 52.8 Å². The van der Waals surface area contributed by atoms with Gasteiger partial charge in [-0.25, -0.2) is 4.39 Å². The van der Waals surface area contributed by atoms with Crippen LogP contribution in [0.15, 0.2) is 35.5 Å². The standard InChI is InChI=1S/C23H22FN3O5/c24-16-7-14(21-15(8-16)11-31-12-32-21)10-27-19-9-17(25-22(28)13-3-1-2-4-13)5-6-18(19)20(26-30)23(27)29/h5-9,13,30H,1-4,10-12H2,(H,25,28)/b26-20-. The Labute approximate surface area is 183 Å². The zero-order chi connectivity index (χ0) is 22.2. The molecule has 0 unspecified atom stereocenters. The third-order valence-corrected chi connectivity index (χ3v) is 6.17. The maximum atomic E-state index is 14.2. The molecule has 0 spiro atoms. The fourth-order valence-electron chi connectivity index (χ4n) is 4.62. The van der Waals surface area contributed by atoms with E-state index in [1.165, 1.54) is 17.0 Å². The zero-order valence-corrected chi connectivity index (χ0v) is 17.3. The lowest BCUT2D eigenvalue weighted by molar-refractivity contribution is -0.119. The number of carbonyl (C=O) groups is 2. The summed E-state index contributed by atoms with van der Waals surface area (Å²) < 4.78 is 25.0. The van der Waals surface area contributed by atoms with Gasteiger partial charge in [0.1, 0.15) is 11.6 Å². The van der Waals surface area contributed by atoms with Crippen LogP contribution in [0.2, 0.25) is 0 Å². The van der Waals surface area contributed by atoms with E-state index in [0.29, 0.717) is 33.8 Å². The SMILES string of the molecule is O=C(Nc1ccc2c(c1)N(Cc1cc(F)cc3c1OCOC3)C(=O)/C2=N\O)C1CCCC1. The van der Waals surface area contributed by atoms with Gasteiger partial charge in [-0.1, -0.05) is 18.0 Å². The minimum atomic E-state index is -0.521. The molecule has 2 amide bonds. The third kappa shape index (κ3) is 3.58. The fourth-order valence-corrected chi connectivity index (χ4v) is 4.62. The number of amides is 2. The topological polar surface area (TPSA) is 100 Å². The van der Waals surface area contributed by atoms with Crippen LogP contribution >= 0.6 is 0 Å². The first kappa shape index (κ1) is 20.4. The summed E-state index contributed by atoms with van der Waals surface area (Å²) in [6.07, 6.45) is 3.84. The number of nitrogens with one attached hydrogen (secondary N) is 1. The lowest BCUT2D eigenvalue weighted by Gasteiger charge is -2.24. The maximum absolute atomic E-state index is 14.2. The van der Waals surface area contributed by atoms with Crippen molar-refractivity contribution in [3.8, 4) is 5.75 Å². The quantitative estimate of drug-likeness (QED) is 0.561. The number of hydrogen-bond acceptors (Lipinski definition) is 6. The van der Waals surface area contributed by atoms with Gasteiger partial charge in [0.2, 0.25) is 5.91 Å². The van der Waals surface area contributed by atoms with E-state index in [1.54, 1.807) is 18.2 Å². The van der Waals surface area contributed by atoms with Gasteiger partial charge in [-0.15, -0.1) is 0 Å². The monoisotopic (exact) mass is 439 g/mol. The van der Waals surface area contributed by atoms with Crippen LogP contribution in [-0.4, -0.2) is 29.5 Å². The summed E-state index contributed by atoms with van der Waals surface area (Å²) in [5.74, 6) is -0.553. The van der Waals surface area contributed by atoms with E-state index in [9.17, 15) is 19.2 Å². The third-order valence-electron chi connectivity index (χ3n) is 6.17. The molecule has 0 bridgehead atoms. The molecule has 32 heavy (non-hydrogen) atoms. The average molecular weight is 439 g/mol. The van der Waals surface area contributed by atoms with Crippen molar-refractivity contribution in [2.24, 2.45) is 11.1 Å². The molecule has 0 saturated heterocycles. The second-order valence-electron chi connectivity index (χ2n) is 8.21. The molecule has 0 radical (unpaired) electrons. The van der Waals surface area contributed by atoms with Crippen LogP contribution in [0.4, 0.5) is 15.8 Å². The van der Waals surface area contributed by atoms with Crippen LogP contribution in [0.1, 0.15) is 42.4 Å². The smallest absolute Gasteiger partial charge is 0.281 e. The predicted molar refractivity (Wildman–Crippen MR) is 113 cm³/mol. The molecule has 2 aromatic rings. The van der Waals surface area contributed by atoms with Gasteiger partial charge in [0.05, 0.1) is 18.8 Å². The Morgan fingerprint density at radius 2 is 2.06 bits per heavy atom. The van der Waals surface area contributed by atoms with Crippen molar-refractivity contribution in [2.75, 3.05) is 17.0 Å². The number of hydrogen-bond donors (Lipinski definition) is 2. The predicted octanol–water partition coefficient (Wildman–Crippen LogP) is 3.55. The van der Waals surface area contributed by atoms with Crippen LogP contribution in [0, 0.1) is 11.7 Å². The Morgan fingerprint density at radius 1 is 1.25 bits per heavy atom. The highest BCUT2D eigenvalue weighted by atomic mass is 19.1. The summed E-state index contributed by atoms with van der Waals surface area (Å²) in [5.41, 5.74) is 2.38. The normalized spacial score (nSPS) is 19.1. The summed E-state index contributed by atoms with van der Waals surface area (Å²) in [6.45, 7) is 0.257.